The number of nitrogens with zero attached hydrogens (tertiary/aromatic N) is 2. The van der Waals surface area contributed by atoms with Crippen LogP contribution in [0.1, 0.15) is 55.5 Å². The Hall–Kier alpha value is -2.68. The second-order valence-corrected chi connectivity index (χ2v) is 12.9. The highest BCUT2D eigenvalue weighted by atomic mass is 127. The van der Waals surface area contributed by atoms with Crippen LogP contribution in [0.3, 0.4) is 0 Å². The topological polar surface area (TPSA) is 74.1 Å². The molecule has 0 spiro atoms. The number of hydrogen-bond acceptors (Lipinski definition) is 3. The highest BCUT2D eigenvalue weighted by molar-refractivity contribution is 14.1. The summed E-state index contributed by atoms with van der Waals surface area (Å²) in [7, 11) is 0. The van der Waals surface area contributed by atoms with Gasteiger partial charge in [-0.25, -0.2) is 4.39 Å². The van der Waals surface area contributed by atoms with Gasteiger partial charge in [0.1, 0.15) is 5.76 Å². The van der Waals surface area contributed by atoms with E-state index in [2.05, 4.69) is 58.4 Å². The van der Waals surface area contributed by atoms with Crippen molar-refractivity contribution in [3.63, 3.8) is 0 Å². The van der Waals surface area contributed by atoms with Gasteiger partial charge in [-0.2, -0.15) is 0 Å². The largest absolute Gasteiger partial charge is 0.369 e. The molecule has 0 aliphatic heterocycles. The van der Waals surface area contributed by atoms with Gasteiger partial charge in [-0.05, 0) is 104 Å². The van der Waals surface area contributed by atoms with E-state index in [1.807, 2.05) is 36.4 Å². The zero-order valence-electron chi connectivity index (χ0n) is 21.2. The third-order valence-corrected chi connectivity index (χ3v) is 9.54. The summed E-state index contributed by atoms with van der Waals surface area (Å²) < 4.78 is 21.2. The molecule has 2 N–H and O–H groups in total. The average Bonchev–Trinajstić information content (AvgIpc) is 3.53. The summed E-state index contributed by atoms with van der Waals surface area (Å²) in [4.78, 5) is 12.0. The molecular weight excluding hydrogens is 580 g/mol. The minimum Gasteiger partial charge on any atom is -0.369 e. The first-order chi connectivity index (χ1) is 17.7. The number of benzene rings is 2. The van der Waals surface area contributed by atoms with Crippen LogP contribution < -0.4 is 5.73 Å². The van der Waals surface area contributed by atoms with E-state index in [1.54, 1.807) is 0 Å². The van der Waals surface area contributed by atoms with Gasteiger partial charge >= 0.3 is 0 Å². The molecule has 5 nitrogen and oxygen atoms in total. The Morgan fingerprint density at radius 3 is 2.38 bits per heavy atom. The Bertz CT molecular complexity index is 1470. The fourth-order valence-electron chi connectivity index (χ4n) is 6.06. The number of amides is 1. The van der Waals surface area contributed by atoms with E-state index < -0.39 is 9.09 Å². The van der Waals surface area contributed by atoms with Gasteiger partial charge in [-0.1, -0.05) is 41.6 Å². The molecule has 2 aliphatic rings. The molecule has 2 fully saturated rings. The van der Waals surface area contributed by atoms with E-state index in [4.69, 9.17) is 10.3 Å². The fourth-order valence-corrected chi connectivity index (χ4v) is 6.68. The Morgan fingerprint density at radius 1 is 1.11 bits per heavy atom. The smallest absolute Gasteiger partial charge is 0.228 e. The number of nitrogens with two attached hydrogens (primary N) is 1. The molecule has 4 aromatic rings. The number of halogens is 2. The van der Waals surface area contributed by atoms with Crippen molar-refractivity contribution in [3.8, 4) is 22.3 Å². The molecule has 2 aromatic carbocycles. The number of alkyl halides is 2. The first-order valence-electron chi connectivity index (χ1n) is 13.0. The third kappa shape index (κ3) is 4.39. The van der Waals surface area contributed by atoms with Crippen LogP contribution in [0.5, 0.6) is 0 Å². The van der Waals surface area contributed by atoms with Gasteiger partial charge in [0, 0.05) is 34.8 Å². The number of aryl methyl sites for hydroxylation is 2. The molecule has 37 heavy (non-hydrogen) atoms. The lowest BCUT2D eigenvalue weighted by atomic mass is 9.88. The summed E-state index contributed by atoms with van der Waals surface area (Å²) in [6, 6.07) is 14.9. The highest BCUT2D eigenvalue weighted by Gasteiger charge is 2.49. The van der Waals surface area contributed by atoms with Crippen LogP contribution in [0.4, 0.5) is 4.39 Å². The van der Waals surface area contributed by atoms with Crippen LogP contribution in [0, 0.1) is 19.8 Å². The maximum Gasteiger partial charge on any atom is 0.228 e. The molecule has 0 unspecified atom stereocenters. The van der Waals surface area contributed by atoms with Crippen LogP contribution >= 0.6 is 22.6 Å². The van der Waals surface area contributed by atoms with E-state index in [-0.39, 0.29) is 5.91 Å². The molecule has 0 atom stereocenters. The maximum absolute atomic E-state index is 14.5. The molecule has 1 amide bonds. The predicted octanol–water partition coefficient (Wildman–Crippen LogP) is 7.39. The van der Waals surface area contributed by atoms with Crippen LogP contribution in [0.25, 0.3) is 33.2 Å². The molecule has 2 aliphatic carbocycles. The monoisotopic (exact) mass is 611 g/mol. The van der Waals surface area contributed by atoms with Crippen molar-refractivity contribution in [1.82, 2.24) is 9.72 Å². The molecule has 6 rings (SSSR count). The van der Waals surface area contributed by atoms with Crippen LogP contribution in [0.2, 0.25) is 0 Å². The number of hydrogen-bond donors (Lipinski definition) is 1. The summed E-state index contributed by atoms with van der Waals surface area (Å²) >= 11 is 1.97. The van der Waals surface area contributed by atoms with Crippen molar-refractivity contribution in [2.24, 2.45) is 11.7 Å². The van der Waals surface area contributed by atoms with E-state index in [0.717, 1.165) is 77.0 Å². The lowest BCUT2D eigenvalue weighted by Crippen LogP contribution is -2.28. The minimum atomic E-state index is -1.07. The van der Waals surface area contributed by atoms with Crippen molar-refractivity contribution >= 4 is 39.4 Å². The summed E-state index contributed by atoms with van der Waals surface area (Å²) in [5.41, 5.74) is 12.6. The molecule has 2 aromatic heterocycles. The Morgan fingerprint density at radius 2 is 1.78 bits per heavy atom. The van der Waals surface area contributed by atoms with E-state index in [9.17, 15) is 9.18 Å². The SMILES string of the molecule is Cc1noc(C)c1-c1ccc2c(-c3ccc(C4(C(N)=O)CC4)cc3)cn(CC3CCC(F)(I)CC3)c2c1. The number of primary amides is 1. The standard InChI is InChI=1S/C30H31FIN3O2/c1-18-27(19(2)37-34-18)22-5-8-24-25(21-3-6-23(7-4-21)29(13-14-29)28(33)36)17-35(26(24)15-22)16-20-9-11-30(31,32)12-10-20/h3-8,15,17,20H,9-14,16H2,1-2H3,(H2,33,36). The van der Waals surface area contributed by atoms with Crippen molar-refractivity contribution in [2.45, 2.75) is 68.0 Å². The molecule has 0 bridgehead atoms. The average molecular weight is 611 g/mol. The second kappa shape index (κ2) is 8.96. The number of carbonyl (C=O) groups excluding carboxylic acids is 1. The highest BCUT2D eigenvalue weighted by Crippen LogP contribution is 2.48. The van der Waals surface area contributed by atoms with Crippen LogP contribution in [0.15, 0.2) is 53.2 Å². The van der Waals surface area contributed by atoms with E-state index in [1.165, 1.54) is 5.39 Å². The van der Waals surface area contributed by atoms with Crippen molar-refractivity contribution < 1.29 is 13.7 Å². The van der Waals surface area contributed by atoms with E-state index in [0.29, 0.717) is 18.8 Å². The summed E-state index contributed by atoms with van der Waals surface area (Å²) in [5, 5.41) is 5.32. The first-order valence-corrected chi connectivity index (χ1v) is 14.1. The quantitative estimate of drug-likeness (QED) is 0.183. The zero-order valence-corrected chi connectivity index (χ0v) is 23.3. The molecule has 192 valence electrons. The molecule has 7 heteroatoms. The number of rotatable bonds is 6. The molecule has 2 heterocycles. The summed E-state index contributed by atoms with van der Waals surface area (Å²) in [6.07, 6.45) is 6.88. The first kappa shape index (κ1) is 24.6. The normalized spacial score (nSPS) is 22.9. The zero-order chi connectivity index (χ0) is 25.9. The minimum absolute atomic E-state index is 0.236. The van der Waals surface area contributed by atoms with Crippen molar-refractivity contribution in [3.05, 3.63) is 65.7 Å². The molecule has 0 radical (unpaired) electrons. The van der Waals surface area contributed by atoms with Crippen molar-refractivity contribution in [1.29, 1.82) is 0 Å². The second-order valence-electron chi connectivity index (χ2n) is 10.9. The fraction of sp³-hybridized carbons (Fsp3) is 0.400. The van der Waals surface area contributed by atoms with Crippen LogP contribution in [-0.4, -0.2) is 19.3 Å². The molecule has 2 saturated carbocycles. The van der Waals surface area contributed by atoms with E-state index >= 15 is 0 Å². The number of aromatic nitrogens is 2. The van der Waals surface area contributed by atoms with Gasteiger partial charge in [-0.15, -0.1) is 0 Å². The summed E-state index contributed by atoms with van der Waals surface area (Å²) in [6.45, 7) is 4.77. The van der Waals surface area contributed by atoms with Gasteiger partial charge in [0.25, 0.3) is 0 Å². The van der Waals surface area contributed by atoms with Gasteiger partial charge in [-0.3, -0.25) is 4.79 Å². The van der Waals surface area contributed by atoms with Gasteiger partial charge in [0.2, 0.25) is 5.91 Å². The van der Waals surface area contributed by atoms with Gasteiger partial charge in [0.05, 0.1) is 11.1 Å². The number of fused-ring (bicyclic) bond motifs is 1. The number of carbonyl (C=O) groups is 1. The lowest BCUT2D eigenvalue weighted by molar-refractivity contribution is -0.120. The van der Waals surface area contributed by atoms with Crippen molar-refractivity contribution in [2.75, 3.05) is 0 Å². The molecule has 0 saturated heterocycles. The Labute approximate surface area is 229 Å². The Balaban J connectivity index is 1.41. The predicted molar refractivity (Wildman–Crippen MR) is 152 cm³/mol. The molecular formula is C30H31FIN3O2. The lowest BCUT2D eigenvalue weighted by Gasteiger charge is -2.30. The third-order valence-electron chi connectivity index (χ3n) is 8.47. The maximum atomic E-state index is 14.5. The van der Waals surface area contributed by atoms with Gasteiger partial charge in [0.15, 0.2) is 3.68 Å². The van der Waals surface area contributed by atoms with Crippen LogP contribution in [-0.2, 0) is 16.8 Å². The summed E-state index contributed by atoms with van der Waals surface area (Å²) in [5.74, 6) is 1.01. The van der Waals surface area contributed by atoms with Gasteiger partial charge < -0.3 is 14.8 Å². The Kier molecular flexibility index (Phi) is 5.97.